The number of phenols is 1. The lowest BCUT2D eigenvalue weighted by Crippen LogP contribution is -1.86. The maximum atomic E-state index is 10.3. The molecule has 1 rings (SSSR count). The normalized spacial score (nSPS) is 8.23. The molecule has 0 heterocycles. The first-order chi connectivity index (χ1) is 6.29. The lowest BCUT2D eigenvalue weighted by molar-refractivity contribution is 0.112. The van der Waals surface area contributed by atoms with Crippen LogP contribution in [0, 0.1) is 0 Å². The summed E-state index contributed by atoms with van der Waals surface area (Å²) < 4.78 is 4.78. The van der Waals surface area contributed by atoms with Crippen LogP contribution >= 0.6 is 0 Å². The number of para-hydroxylation sites is 1. The minimum absolute atomic E-state index is 0.106. The molecule has 0 fully saturated rings. The Morgan fingerprint density at radius 3 is 2.54 bits per heavy atom. The van der Waals surface area contributed by atoms with Gasteiger partial charge >= 0.3 is 0 Å². The average molecular weight is 183 g/mol. The largest absolute Gasteiger partial charge is 0.504 e. The third-order valence-electron chi connectivity index (χ3n) is 1.38. The minimum Gasteiger partial charge on any atom is -0.504 e. The smallest absolute Gasteiger partial charge is 0.168 e. The number of hydrogen-bond acceptors (Lipinski definition) is 4. The molecule has 0 aliphatic heterocycles. The summed E-state index contributed by atoms with van der Waals surface area (Å²) in [6.45, 7) is 0. The molecule has 0 aromatic heterocycles. The number of aldehydes is 1. The molecule has 72 valence electrons. The number of phenolic OH excluding ortho intramolecular Hbond substituents is 1. The van der Waals surface area contributed by atoms with Crippen molar-refractivity contribution in [1.82, 2.24) is 0 Å². The molecule has 13 heavy (non-hydrogen) atoms. The number of ether oxygens (including phenoxy) is 1. The van der Waals surface area contributed by atoms with Gasteiger partial charge in [-0.1, -0.05) is 6.07 Å². The van der Waals surface area contributed by atoms with Crippen molar-refractivity contribution in [3.8, 4) is 11.5 Å². The van der Waals surface area contributed by atoms with E-state index in [1.165, 1.54) is 20.2 Å². The van der Waals surface area contributed by atoms with E-state index < -0.39 is 0 Å². The van der Waals surface area contributed by atoms with Crippen LogP contribution in [0.1, 0.15) is 10.4 Å². The van der Waals surface area contributed by atoms with E-state index >= 15 is 0 Å². The third kappa shape index (κ3) is 2.76. The lowest BCUT2D eigenvalue weighted by atomic mass is 10.2. The monoisotopic (exact) mass is 183 g/mol. The molecular formula is C9H13NO3. The van der Waals surface area contributed by atoms with Gasteiger partial charge in [-0.2, -0.15) is 0 Å². The predicted octanol–water partition coefficient (Wildman–Crippen LogP) is 0.788. The lowest BCUT2D eigenvalue weighted by Gasteiger charge is -2.02. The fourth-order valence-corrected chi connectivity index (χ4v) is 0.799. The summed E-state index contributed by atoms with van der Waals surface area (Å²) in [5.41, 5.74) is 4.74. The maximum absolute atomic E-state index is 10.3. The summed E-state index contributed by atoms with van der Waals surface area (Å²) in [6.07, 6.45) is 0.581. The van der Waals surface area contributed by atoms with E-state index in [9.17, 15) is 9.90 Å². The summed E-state index contributed by atoms with van der Waals surface area (Å²) in [4.78, 5) is 10.3. The summed E-state index contributed by atoms with van der Waals surface area (Å²) >= 11 is 0. The molecule has 0 saturated carbocycles. The highest BCUT2D eigenvalue weighted by atomic mass is 16.5. The van der Waals surface area contributed by atoms with Crippen molar-refractivity contribution in [3.05, 3.63) is 23.8 Å². The third-order valence-corrected chi connectivity index (χ3v) is 1.38. The molecule has 1 aromatic rings. The van der Waals surface area contributed by atoms with E-state index in [0.29, 0.717) is 12.0 Å². The van der Waals surface area contributed by atoms with Crippen LogP contribution < -0.4 is 10.5 Å². The van der Waals surface area contributed by atoms with E-state index in [2.05, 4.69) is 5.73 Å². The fraction of sp³-hybridized carbons (Fsp3) is 0.222. The van der Waals surface area contributed by atoms with Crippen LogP contribution in [-0.4, -0.2) is 25.6 Å². The highest BCUT2D eigenvalue weighted by molar-refractivity contribution is 5.80. The van der Waals surface area contributed by atoms with Gasteiger partial charge in [0.05, 0.1) is 12.7 Å². The Morgan fingerprint density at radius 2 is 2.08 bits per heavy atom. The molecule has 4 nitrogen and oxygen atoms in total. The Kier molecular flexibility index (Phi) is 5.30. The quantitative estimate of drug-likeness (QED) is 0.665. The zero-order valence-electron chi connectivity index (χ0n) is 7.65. The van der Waals surface area contributed by atoms with Crippen molar-refractivity contribution >= 4 is 6.29 Å². The number of rotatable bonds is 2. The Labute approximate surface area is 76.9 Å². The van der Waals surface area contributed by atoms with Gasteiger partial charge in [-0.25, -0.2) is 0 Å². The zero-order chi connectivity index (χ0) is 10.3. The predicted molar refractivity (Wildman–Crippen MR) is 50.2 cm³/mol. The number of carbonyl (C=O) groups excluding carboxylic acids is 1. The fourth-order valence-electron chi connectivity index (χ4n) is 0.799. The van der Waals surface area contributed by atoms with Gasteiger partial charge in [-0.3, -0.25) is 4.79 Å². The SMILES string of the molecule is CN.COc1cccc(C=O)c1O. The first-order valence-electron chi connectivity index (χ1n) is 3.68. The molecule has 0 bridgehead atoms. The molecule has 0 spiro atoms. The molecule has 3 N–H and O–H groups in total. The number of aromatic hydroxyl groups is 1. The van der Waals surface area contributed by atoms with Gasteiger partial charge in [-0.15, -0.1) is 0 Å². The van der Waals surface area contributed by atoms with Crippen molar-refractivity contribution in [1.29, 1.82) is 0 Å². The second kappa shape index (κ2) is 6.02. The van der Waals surface area contributed by atoms with Crippen LogP contribution in [0.25, 0.3) is 0 Å². The van der Waals surface area contributed by atoms with Gasteiger partial charge in [0, 0.05) is 0 Å². The van der Waals surface area contributed by atoms with Crippen LogP contribution in [0.3, 0.4) is 0 Å². The van der Waals surface area contributed by atoms with Gasteiger partial charge in [0.2, 0.25) is 0 Å². The van der Waals surface area contributed by atoms with E-state index in [1.54, 1.807) is 12.1 Å². The van der Waals surface area contributed by atoms with Crippen molar-refractivity contribution in [2.75, 3.05) is 14.2 Å². The van der Waals surface area contributed by atoms with Crippen LogP contribution in [0.4, 0.5) is 0 Å². The molecule has 0 unspecified atom stereocenters. The number of hydrogen-bond donors (Lipinski definition) is 2. The van der Waals surface area contributed by atoms with Crippen LogP contribution in [0.15, 0.2) is 18.2 Å². The molecule has 0 radical (unpaired) electrons. The zero-order valence-corrected chi connectivity index (χ0v) is 7.65. The first kappa shape index (κ1) is 11.4. The molecule has 0 atom stereocenters. The maximum Gasteiger partial charge on any atom is 0.168 e. The topological polar surface area (TPSA) is 72.5 Å². The standard InChI is InChI=1S/C8H8O3.CH5N/c1-11-7-4-2-3-6(5-9)8(7)10;1-2/h2-5,10H,1H3;2H2,1H3. The average Bonchev–Trinajstić information content (AvgIpc) is 2.21. The molecule has 1 aromatic carbocycles. The first-order valence-corrected chi connectivity index (χ1v) is 3.68. The van der Waals surface area contributed by atoms with Crippen molar-refractivity contribution in [2.45, 2.75) is 0 Å². The van der Waals surface area contributed by atoms with Crippen molar-refractivity contribution in [3.63, 3.8) is 0 Å². The number of carbonyl (C=O) groups is 1. The van der Waals surface area contributed by atoms with Gasteiger partial charge in [0.1, 0.15) is 0 Å². The van der Waals surface area contributed by atoms with Gasteiger partial charge in [0.25, 0.3) is 0 Å². The van der Waals surface area contributed by atoms with E-state index in [-0.39, 0.29) is 11.3 Å². The molecule has 0 aliphatic carbocycles. The highest BCUT2D eigenvalue weighted by Gasteiger charge is 2.04. The van der Waals surface area contributed by atoms with E-state index in [1.807, 2.05) is 0 Å². The minimum atomic E-state index is -0.106. The Morgan fingerprint density at radius 1 is 1.46 bits per heavy atom. The van der Waals surface area contributed by atoms with Gasteiger partial charge < -0.3 is 15.6 Å². The van der Waals surface area contributed by atoms with Crippen LogP contribution in [0.5, 0.6) is 11.5 Å². The second-order valence-electron chi connectivity index (χ2n) is 2.02. The number of nitrogens with two attached hydrogens (primary N) is 1. The molecule has 0 aliphatic rings. The molecule has 0 saturated heterocycles. The van der Waals surface area contributed by atoms with Crippen LogP contribution in [0.2, 0.25) is 0 Å². The number of methoxy groups -OCH3 is 1. The van der Waals surface area contributed by atoms with Gasteiger partial charge in [-0.05, 0) is 19.2 Å². The second-order valence-corrected chi connectivity index (χ2v) is 2.02. The summed E-state index contributed by atoms with van der Waals surface area (Å²) in [7, 11) is 2.93. The summed E-state index contributed by atoms with van der Waals surface area (Å²) in [6, 6.07) is 4.75. The van der Waals surface area contributed by atoms with Gasteiger partial charge in [0.15, 0.2) is 17.8 Å². The summed E-state index contributed by atoms with van der Waals surface area (Å²) in [5, 5.41) is 9.23. The Bertz CT molecular complexity index is 274. The van der Waals surface area contributed by atoms with E-state index in [4.69, 9.17) is 4.74 Å². The van der Waals surface area contributed by atoms with Crippen molar-refractivity contribution in [2.24, 2.45) is 5.73 Å². The summed E-state index contributed by atoms with van der Waals surface area (Å²) in [5.74, 6) is 0.208. The van der Waals surface area contributed by atoms with Crippen molar-refractivity contribution < 1.29 is 14.6 Å². The van der Waals surface area contributed by atoms with Crippen LogP contribution in [-0.2, 0) is 0 Å². The number of benzene rings is 1. The van der Waals surface area contributed by atoms with E-state index in [0.717, 1.165) is 0 Å². The molecule has 0 amide bonds. The Hall–Kier alpha value is -1.55. The highest BCUT2D eigenvalue weighted by Crippen LogP contribution is 2.27. The molecular weight excluding hydrogens is 170 g/mol. The molecule has 4 heteroatoms. The Balaban J connectivity index is 0.000000671.